The lowest BCUT2D eigenvalue weighted by Gasteiger charge is -2.22. The Labute approximate surface area is 106 Å². The van der Waals surface area contributed by atoms with E-state index in [9.17, 15) is 4.79 Å². The molecular formula is C15H15NO2. The van der Waals surface area contributed by atoms with Crippen molar-refractivity contribution in [2.24, 2.45) is 0 Å². The van der Waals surface area contributed by atoms with Crippen molar-refractivity contribution in [3.05, 3.63) is 47.2 Å². The Bertz CT molecular complexity index is 625. The molecule has 3 rings (SSSR count). The van der Waals surface area contributed by atoms with E-state index >= 15 is 0 Å². The van der Waals surface area contributed by atoms with Crippen molar-refractivity contribution in [2.45, 2.75) is 19.9 Å². The van der Waals surface area contributed by atoms with E-state index in [-0.39, 0.29) is 5.97 Å². The minimum absolute atomic E-state index is 0.262. The summed E-state index contributed by atoms with van der Waals surface area (Å²) in [6.07, 6.45) is 3.06. The van der Waals surface area contributed by atoms with Gasteiger partial charge in [-0.15, -0.1) is 0 Å². The first-order valence-electron chi connectivity index (χ1n) is 6.08. The largest absolute Gasteiger partial charge is 0.465 e. The molecule has 18 heavy (non-hydrogen) atoms. The topological polar surface area (TPSA) is 31.2 Å². The van der Waals surface area contributed by atoms with Crippen LogP contribution in [0.3, 0.4) is 0 Å². The fraction of sp³-hybridized carbons (Fsp3) is 0.267. The summed E-state index contributed by atoms with van der Waals surface area (Å²) in [5, 5.41) is 0. The van der Waals surface area contributed by atoms with Crippen LogP contribution >= 0.6 is 0 Å². The molecule has 0 atom stereocenters. The maximum absolute atomic E-state index is 11.6. The van der Waals surface area contributed by atoms with Crippen LogP contribution in [0, 0.1) is 6.92 Å². The van der Waals surface area contributed by atoms with E-state index in [0.29, 0.717) is 5.56 Å². The number of hydrogen-bond donors (Lipinski definition) is 0. The van der Waals surface area contributed by atoms with E-state index in [1.807, 2.05) is 19.1 Å². The minimum Gasteiger partial charge on any atom is -0.465 e. The number of ether oxygens (including phenoxy) is 1. The van der Waals surface area contributed by atoms with Crippen LogP contribution in [0.1, 0.15) is 21.5 Å². The van der Waals surface area contributed by atoms with Crippen molar-refractivity contribution in [2.75, 3.05) is 7.11 Å². The molecule has 92 valence electrons. The lowest BCUT2D eigenvalue weighted by Crippen LogP contribution is -2.12. The molecule has 0 amide bonds. The molecule has 1 aliphatic heterocycles. The highest BCUT2D eigenvalue weighted by Gasteiger charge is 2.19. The first-order valence-corrected chi connectivity index (χ1v) is 6.08. The Kier molecular flexibility index (Phi) is 2.47. The van der Waals surface area contributed by atoms with Crippen LogP contribution in [0.25, 0.3) is 11.3 Å². The molecule has 3 heteroatoms. The Morgan fingerprint density at radius 2 is 2.22 bits per heavy atom. The second-order valence-electron chi connectivity index (χ2n) is 4.66. The van der Waals surface area contributed by atoms with E-state index in [1.54, 1.807) is 0 Å². The maximum atomic E-state index is 11.6. The van der Waals surface area contributed by atoms with Crippen LogP contribution in [-0.4, -0.2) is 17.6 Å². The van der Waals surface area contributed by atoms with Gasteiger partial charge in [0.2, 0.25) is 0 Å². The third kappa shape index (κ3) is 1.55. The van der Waals surface area contributed by atoms with E-state index in [4.69, 9.17) is 4.74 Å². The second-order valence-corrected chi connectivity index (χ2v) is 4.66. The number of methoxy groups -OCH3 is 1. The summed E-state index contributed by atoms with van der Waals surface area (Å²) in [5.74, 6) is -0.262. The van der Waals surface area contributed by atoms with Gasteiger partial charge in [-0.3, -0.25) is 0 Å². The number of aryl methyl sites for hydroxylation is 3. The zero-order chi connectivity index (χ0) is 12.7. The van der Waals surface area contributed by atoms with Crippen molar-refractivity contribution in [1.29, 1.82) is 0 Å². The Morgan fingerprint density at radius 1 is 1.39 bits per heavy atom. The van der Waals surface area contributed by atoms with E-state index in [1.165, 1.54) is 23.9 Å². The van der Waals surface area contributed by atoms with Crippen molar-refractivity contribution in [3.63, 3.8) is 0 Å². The van der Waals surface area contributed by atoms with Gasteiger partial charge in [0.15, 0.2) is 0 Å². The minimum atomic E-state index is -0.262. The number of rotatable bonds is 1. The van der Waals surface area contributed by atoms with Crippen molar-refractivity contribution in [1.82, 2.24) is 4.57 Å². The average Bonchev–Trinajstić information content (AvgIpc) is 2.85. The molecule has 0 bridgehead atoms. The van der Waals surface area contributed by atoms with E-state index < -0.39 is 0 Å². The summed E-state index contributed by atoms with van der Waals surface area (Å²) >= 11 is 0. The van der Waals surface area contributed by atoms with Gasteiger partial charge >= 0.3 is 5.97 Å². The molecule has 0 N–H and O–H groups in total. The molecule has 0 radical (unpaired) electrons. The average molecular weight is 241 g/mol. The van der Waals surface area contributed by atoms with Gasteiger partial charge in [-0.25, -0.2) is 4.79 Å². The second kappa shape index (κ2) is 4.02. The molecular weight excluding hydrogens is 226 g/mol. The third-order valence-corrected chi connectivity index (χ3v) is 3.55. The lowest BCUT2D eigenvalue weighted by molar-refractivity contribution is 0.0600. The zero-order valence-electron chi connectivity index (χ0n) is 10.6. The SMILES string of the molecule is COC(=O)c1cc(C)c2c(c1)CCn1cccc1-2. The Balaban J connectivity index is 2.19. The number of aromatic nitrogens is 1. The van der Waals surface area contributed by atoms with Crippen LogP contribution in [0.4, 0.5) is 0 Å². The monoisotopic (exact) mass is 241 g/mol. The lowest BCUT2D eigenvalue weighted by atomic mass is 9.92. The molecule has 1 aromatic carbocycles. The van der Waals surface area contributed by atoms with Gasteiger partial charge in [0, 0.05) is 24.0 Å². The Hall–Kier alpha value is -2.03. The molecule has 0 saturated carbocycles. The number of nitrogens with zero attached hydrogens (tertiary/aromatic N) is 1. The molecule has 1 aromatic heterocycles. The molecule has 2 aromatic rings. The molecule has 0 unspecified atom stereocenters. The van der Waals surface area contributed by atoms with Gasteiger partial charge in [0.05, 0.1) is 12.7 Å². The summed E-state index contributed by atoms with van der Waals surface area (Å²) < 4.78 is 7.05. The van der Waals surface area contributed by atoms with Gasteiger partial charge < -0.3 is 9.30 Å². The highest BCUT2D eigenvalue weighted by molar-refractivity contribution is 5.91. The van der Waals surface area contributed by atoms with Gasteiger partial charge in [-0.2, -0.15) is 0 Å². The number of carbonyl (C=O) groups excluding carboxylic acids is 1. The van der Waals surface area contributed by atoms with E-state index in [0.717, 1.165) is 18.5 Å². The van der Waals surface area contributed by atoms with Crippen LogP contribution < -0.4 is 0 Å². The number of benzene rings is 1. The van der Waals surface area contributed by atoms with Gasteiger partial charge in [0.25, 0.3) is 0 Å². The number of carbonyl (C=O) groups is 1. The van der Waals surface area contributed by atoms with Crippen molar-refractivity contribution in [3.8, 4) is 11.3 Å². The van der Waals surface area contributed by atoms with Crippen molar-refractivity contribution < 1.29 is 9.53 Å². The Morgan fingerprint density at radius 3 is 3.00 bits per heavy atom. The molecule has 1 aliphatic rings. The van der Waals surface area contributed by atoms with Crippen LogP contribution in [0.2, 0.25) is 0 Å². The van der Waals surface area contributed by atoms with Gasteiger partial charge in [-0.05, 0) is 48.7 Å². The highest BCUT2D eigenvalue weighted by atomic mass is 16.5. The summed E-state index contributed by atoms with van der Waals surface area (Å²) in [6, 6.07) is 8.07. The van der Waals surface area contributed by atoms with Gasteiger partial charge in [0.1, 0.15) is 0 Å². The fourth-order valence-corrected chi connectivity index (χ4v) is 2.74. The predicted octanol–water partition coefficient (Wildman–Crippen LogP) is 2.81. The van der Waals surface area contributed by atoms with Crippen LogP contribution in [-0.2, 0) is 17.7 Å². The van der Waals surface area contributed by atoms with Gasteiger partial charge in [-0.1, -0.05) is 0 Å². The smallest absolute Gasteiger partial charge is 0.337 e. The number of hydrogen-bond acceptors (Lipinski definition) is 2. The third-order valence-electron chi connectivity index (χ3n) is 3.55. The summed E-state index contributed by atoms with van der Waals surface area (Å²) in [6.45, 7) is 3.02. The predicted molar refractivity (Wildman–Crippen MR) is 69.6 cm³/mol. The fourth-order valence-electron chi connectivity index (χ4n) is 2.74. The number of fused-ring (bicyclic) bond motifs is 3. The van der Waals surface area contributed by atoms with Crippen LogP contribution in [0.15, 0.2) is 30.5 Å². The van der Waals surface area contributed by atoms with Crippen molar-refractivity contribution >= 4 is 5.97 Å². The first kappa shape index (κ1) is 11.1. The summed E-state index contributed by atoms with van der Waals surface area (Å²) in [5.41, 5.74) is 5.52. The normalized spacial score (nSPS) is 12.8. The van der Waals surface area contributed by atoms with E-state index in [2.05, 4.69) is 22.9 Å². The maximum Gasteiger partial charge on any atom is 0.337 e. The zero-order valence-corrected chi connectivity index (χ0v) is 10.6. The molecule has 0 fully saturated rings. The standard InChI is InChI=1S/C15H15NO2/c1-10-8-12(15(17)18-2)9-11-5-7-16-6-3-4-13(16)14(10)11/h3-4,6,8-9H,5,7H2,1-2H3. The molecule has 2 heterocycles. The summed E-state index contributed by atoms with van der Waals surface area (Å²) in [4.78, 5) is 11.6. The molecule has 0 spiro atoms. The molecule has 0 aliphatic carbocycles. The highest BCUT2D eigenvalue weighted by Crippen LogP contribution is 2.33. The van der Waals surface area contributed by atoms with Crippen LogP contribution in [0.5, 0.6) is 0 Å². The quantitative estimate of drug-likeness (QED) is 0.719. The number of esters is 1. The molecule has 0 saturated heterocycles. The first-order chi connectivity index (χ1) is 8.70. The molecule has 3 nitrogen and oxygen atoms in total. The summed E-state index contributed by atoms with van der Waals surface area (Å²) in [7, 11) is 1.42.